The molecule has 0 unspecified atom stereocenters. The first-order chi connectivity index (χ1) is 11.9. The zero-order valence-corrected chi connectivity index (χ0v) is 14.9. The topological polar surface area (TPSA) is 99.3 Å². The van der Waals surface area contributed by atoms with E-state index in [9.17, 15) is 14.9 Å². The fraction of sp³-hybridized carbons (Fsp3) is 0.250. The number of carbonyl (C=O) groups excluding carboxylic acids is 1. The average molecular weight is 379 g/mol. The van der Waals surface area contributed by atoms with Crippen molar-refractivity contribution in [3.8, 4) is 6.07 Å². The molecule has 1 amide bonds. The minimum absolute atomic E-state index is 0.0210. The lowest BCUT2D eigenvalue weighted by Crippen LogP contribution is -2.24. The van der Waals surface area contributed by atoms with Crippen LogP contribution in [-0.2, 0) is 11.3 Å². The van der Waals surface area contributed by atoms with Crippen molar-refractivity contribution in [2.24, 2.45) is 0 Å². The van der Waals surface area contributed by atoms with Gasteiger partial charge in [-0.25, -0.2) is 0 Å². The predicted molar refractivity (Wildman–Crippen MR) is 96.7 cm³/mol. The molecule has 0 saturated heterocycles. The number of nitrogens with one attached hydrogen (secondary N) is 1. The van der Waals surface area contributed by atoms with Gasteiger partial charge in [0.05, 0.1) is 10.5 Å². The summed E-state index contributed by atoms with van der Waals surface area (Å²) in [5.41, 5.74) is 1.05. The Balaban J connectivity index is 1.89. The van der Waals surface area contributed by atoms with Crippen molar-refractivity contribution in [3.63, 3.8) is 0 Å². The van der Waals surface area contributed by atoms with Gasteiger partial charge in [0.1, 0.15) is 11.1 Å². The molecule has 0 aliphatic rings. The average Bonchev–Trinajstić information content (AvgIpc) is 3.02. The molecule has 2 aromatic rings. The van der Waals surface area contributed by atoms with E-state index < -0.39 is 4.92 Å². The smallest absolute Gasteiger partial charge is 0.269 e. The SMILES string of the molecule is CN(CCC(=O)Nc1sccc1C#N)Cc1cc([N+](=O)[O-])ccc1Cl. The van der Waals surface area contributed by atoms with E-state index in [-0.39, 0.29) is 18.0 Å². The predicted octanol–water partition coefficient (Wildman–Crippen LogP) is 3.64. The highest BCUT2D eigenvalue weighted by molar-refractivity contribution is 7.14. The molecule has 7 nitrogen and oxygen atoms in total. The number of nitro groups is 1. The first-order valence-electron chi connectivity index (χ1n) is 7.29. The van der Waals surface area contributed by atoms with E-state index in [1.165, 1.54) is 29.5 Å². The normalized spacial score (nSPS) is 10.5. The summed E-state index contributed by atoms with van der Waals surface area (Å²) in [6.45, 7) is 0.828. The quantitative estimate of drug-likeness (QED) is 0.585. The van der Waals surface area contributed by atoms with Gasteiger partial charge in [0.15, 0.2) is 0 Å². The summed E-state index contributed by atoms with van der Waals surface area (Å²) >= 11 is 7.37. The lowest BCUT2D eigenvalue weighted by atomic mass is 10.2. The van der Waals surface area contributed by atoms with Crippen LogP contribution in [0, 0.1) is 21.4 Å². The molecule has 25 heavy (non-hydrogen) atoms. The van der Waals surface area contributed by atoms with Gasteiger partial charge in [-0.1, -0.05) is 11.6 Å². The van der Waals surface area contributed by atoms with Crippen LogP contribution in [0.3, 0.4) is 0 Å². The zero-order chi connectivity index (χ0) is 18.4. The molecule has 1 aromatic heterocycles. The number of thiophene rings is 1. The van der Waals surface area contributed by atoms with Crippen molar-refractivity contribution >= 4 is 39.5 Å². The van der Waals surface area contributed by atoms with Crippen LogP contribution in [-0.4, -0.2) is 29.3 Å². The van der Waals surface area contributed by atoms with Crippen molar-refractivity contribution in [2.45, 2.75) is 13.0 Å². The molecule has 0 atom stereocenters. The van der Waals surface area contributed by atoms with Gasteiger partial charge in [-0.3, -0.25) is 14.9 Å². The van der Waals surface area contributed by atoms with Crippen LogP contribution in [0.1, 0.15) is 17.5 Å². The molecule has 0 aliphatic carbocycles. The summed E-state index contributed by atoms with van der Waals surface area (Å²) in [4.78, 5) is 24.2. The van der Waals surface area contributed by atoms with Crippen molar-refractivity contribution < 1.29 is 9.72 Å². The van der Waals surface area contributed by atoms with Gasteiger partial charge in [0, 0.05) is 36.7 Å². The third kappa shape index (κ3) is 5.26. The molecule has 130 valence electrons. The van der Waals surface area contributed by atoms with Crippen LogP contribution in [0.4, 0.5) is 10.7 Å². The van der Waals surface area contributed by atoms with Crippen LogP contribution in [0.2, 0.25) is 5.02 Å². The van der Waals surface area contributed by atoms with Crippen molar-refractivity contribution in [3.05, 3.63) is 55.9 Å². The minimum Gasteiger partial charge on any atom is -0.317 e. The van der Waals surface area contributed by atoms with Gasteiger partial charge < -0.3 is 10.2 Å². The van der Waals surface area contributed by atoms with Crippen LogP contribution < -0.4 is 5.32 Å². The highest BCUT2D eigenvalue weighted by Gasteiger charge is 2.13. The molecule has 2 rings (SSSR count). The maximum Gasteiger partial charge on any atom is 0.269 e. The van der Waals surface area contributed by atoms with Crippen molar-refractivity contribution in [1.82, 2.24) is 4.90 Å². The second kappa shape index (κ2) is 8.58. The Labute approximate surface area is 153 Å². The lowest BCUT2D eigenvalue weighted by Gasteiger charge is -2.17. The molecule has 0 spiro atoms. The van der Waals surface area contributed by atoms with E-state index in [1.54, 1.807) is 18.5 Å². The van der Waals surface area contributed by atoms with Gasteiger partial charge in [0.2, 0.25) is 5.91 Å². The molecule has 0 aliphatic heterocycles. The first-order valence-corrected chi connectivity index (χ1v) is 8.55. The molecule has 1 N–H and O–H groups in total. The number of halogens is 1. The van der Waals surface area contributed by atoms with Gasteiger partial charge >= 0.3 is 0 Å². The Hall–Kier alpha value is -2.47. The van der Waals surface area contributed by atoms with E-state index >= 15 is 0 Å². The van der Waals surface area contributed by atoms with Gasteiger partial charge in [-0.05, 0) is 30.1 Å². The Morgan fingerprint density at radius 3 is 2.92 bits per heavy atom. The second-order valence-electron chi connectivity index (χ2n) is 5.34. The Kier molecular flexibility index (Phi) is 6.47. The number of nitro benzene ring substituents is 1. The highest BCUT2D eigenvalue weighted by Crippen LogP contribution is 2.24. The fourth-order valence-electron chi connectivity index (χ4n) is 2.14. The molecule has 9 heteroatoms. The van der Waals surface area contributed by atoms with Gasteiger partial charge in [0.25, 0.3) is 5.69 Å². The van der Waals surface area contributed by atoms with E-state index in [4.69, 9.17) is 16.9 Å². The van der Waals surface area contributed by atoms with E-state index in [1.807, 2.05) is 11.0 Å². The molecule has 0 radical (unpaired) electrons. The van der Waals surface area contributed by atoms with E-state index in [2.05, 4.69) is 5.32 Å². The van der Waals surface area contributed by atoms with Crippen molar-refractivity contribution in [1.29, 1.82) is 5.26 Å². The number of amides is 1. The molecule has 0 bridgehead atoms. The summed E-state index contributed by atoms with van der Waals surface area (Å²) in [6.07, 6.45) is 0.228. The first kappa shape index (κ1) is 18.9. The molecule has 0 fully saturated rings. The number of benzene rings is 1. The number of nitrogens with zero attached hydrogens (tertiary/aromatic N) is 3. The number of hydrogen-bond donors (Lipinski definition) is 1. The zero-order valence-electron chi connectivity index (χ0n) is 13.4. The van der Waals surface area contributed by atoms with Gasteiger partial charge in [-0.2, -0.15) is 5.26 Å². The maximum absolute atomic E-state index is 12.0. The van der Waals surface area contributed by atoms with Crippen molar-refractivity contribution in [2.75, 3.05) is 18.9 Å². The number of nitriles is 1. The number of hydrogen-bond acceptors (Lipinski definition) is 6. The summed E-state index contributed by atoms with van der Waals surface area (Å²) in [5, 5.41) is 25.2. The fourth-order valence-corrected chi connectivity index (χ4v) is 3.07. The third-order valence-electron chi connectivity index (χ3n) is 3.44. The summed E-state index contributed by atoms with van der Waals surface area (Å²) in [7, 11) is 1.80. The van der Waals surface area contributed by atoms with Gasteiger partial charge in [-0.15, -0.1) is 11.3 Å². The van der Waals surface area contributed by atoms with Crippen LogP contribution in [0.25, 0.3) is 0 Å². The number of carbonyl (C=O) groups is 1. The summed E-state index contributed by atoms with van der Waals surface area (Å²) < 4.78 is 0. The Bertz CT molecular complexity index is 831. The Morgan fingerprint density at radius 1 is 1.48 bits per heavy atom. The maximum atomic E-state index is 12.0. The standard InChI is InChI=1S/C16H15ClN4O3S/c1-20(10-12-8-13(21(23)24)2-3-14(12)17)6-4-15(22)19-16-11(9-18)5-7-25-16/h2-3,5,7-8H,4,6,10H2,1H3,(H,19,22). The molecule has 1 aromatic carbocycles. The molecular formula is C16H15ClN4O3S. The minimum atomic E-state index is -0.471. The summed E-state index contributed by atoms with van der Waals surface area (Å²) in [6, 6.07) is 7.95. The lowest BCUT2D eigenvalue weighted by molar-refractivity contribution is -0.384. The summed E-state index contributed by atoms with van der Waals surface area (Å²) in [5.74, 6) is -0.198. The second-order valence-corrected chi connectivity index (χ2v) is 6.67. The number of rotatable bonds is 7. The monoisotopic (exact) mass is 378 g/mol. The highest BCUT2D eigenvalue weighted by atomic mass is 35.5. The molecule has 0 saturated carbocycles. The number of non-ortho nitro benzene ring substituents is 1. The van der Waals surface area contributed by atoms with E-state index in [0.29, 0.717) is 34.2 Å². The van der Waals surface area contributed by atoms with Crippen LogP contribution >= 0.6 is 22.9 Å². The molecule has 1 heterocycles. The Morgan fingerprint density at radius 2 is 2.24 bits per heavy atom. The number of anilines is 1. The molecular weight excluding hydrogens is 364 g/mol. The van der Waals surface area contributed by atoms with Crippen LogP contribution in [0.15, 0.2) is 29.6 Å². The van der Waals surface area contributed by atoms with E-state index in [0.717, 1.165) is 0 Å². The van der Waals surface area contributed by atoms with Crippen LogP contribution in [0.5, 0.6) is 0 Å². The third-order valence-corrected chi connectivity index (χ3v) is 4.64. The largest absolute Gasteiger partial charge is 0.317 e.